The second-order valence-electron chi connectivity index (χ2n) is 8.93. The van der Waals surface area contributed by atoms with E-state index in [4.69, 9.17) is 4.98 Å². The fraction of sp³-hybridized carbons (Fsp3) is 0.233. The van der Waals surface area contributed by atoms with Gasteiger partial charge in [-0.3, -0.25) is 9.69 Å². The van der Waals surface area contributed by atoms with Gasteiger partial charge in [-0.05, 0) is 41.7 Å². The number of halogens is 1. The van der Waals surface area contributed by atoms with E-state index < -0.39 is 0 Å². The number of nitrogens with zero attached hydrogens (tertiary/aromatic N) is 4. The highest BCUT2D eigenvalue weighted by Crippen LogP contribution is 2.33. The molecule has 5 rings (SSSR count). The maximum Gasteiger partial charge on any atom is 0.229 e. The van der Waals surface area contributed by atoms with Gasteiger partial charge in [0.15, 0.2) is 5.13 Å². The van der Waals surface area contributed by atoms with Crippen molar-refractivity contribution in [2.75, 3.05) is 11.4 Å². The molecular formula is C30H31ClN4OS. The van der Waals surface area contributed by atoms with Crippen molar-refractivity contribution in [1.29, 1.82) is 0 Å². The quantitative estimate of drug-likeness (QED) is 0.193. The molecule has 0 saturated heterocycles. The Balaban J connectivity index is 0.00000320. The lowest BCUT2D eigenvalue weighted by Crippen LogP contribution is -2.33. The van der Waals surface area contributed by atoms with Gasteiger partial charge in [0.2, 0.25) is 5.91 Å². The third-order valence-electron chi connectivity index (χ3n) is 6.52. The maximum atomic E-state index is 14.0. The lowest BCUT2D eigenvalue weighted by molar-refractivity contribution is -0.118. The summed E-state index contributed by atoms with van der Waals surface area (Å²) in [5.74, 6) is 0.0743. The van der Waals surface area contributed by atoms with Gasteiger partial charge in [-0.15, -0.1) is 12.4 Å². The average molecular weight is 531 g/mol. The number of amides is 1. The highest BCUT2D eigenvalue weighted by atomic mass is 35.5. The lowest BCUT2D eigenvalue weighted by Gasteiger charge is -2.24. The summed E-state index contributed by atoms with van der Waals surface area (Å²) < 4.78 is 3.17. The fourth-order valence-corrected chi connectivity index (χ4v) is 5.61. The zero-order valence-corrected chi connectivity index (χ0v) is 22.5. The van der Waals surface area contributed by atoms with Crippen molar-refractivity contribution >= 4 is 45.0 Å². The number of fused-ring (bicyclic) bond motifs is 1. The van der Waals surface area contributed by atoms with Crippen LogP contribution in [0.25, 0.3) is 10.2 Å². The molecule has 0 N–H and O–H groups in total. The number of aromatic nitrogens is 3. The van der Waals surface area contributed by atoms with Crippen LogP contribution in [0.3, 0.4) is 0 Å². The fourth-order valence-electron chi connectivity index (χ4n) is 4.53. The van der Waals surface area contributed by atoms with E-state index >= 15 is 0 Å². The highest BCUT2D eigenvalue weighted by Gasteiger charge is 2.25. The van der Waals surface area contributed by atoms with Crippen LogP contribution in [0, 0.1) is 0 Å². The van der Waals surface area contributed by atoms with E-state index in [-0.39, 0.29) is 24.2 Å². The van der Waals surface area contributed by atoms with Crippen LogP contribution in [0.15, 0.2) is 97.6 Å². The normalized spacial score (nSPS) is 11.0. The number of anilines is 1. The molecule has 2 aromatic heterocycles. The molecule has 0 aliphatic heterocycles. The number of rotatable bonds is 10. The Labute approximate surface area is 228 Å². The Bertz CT molecular complexity index is 1360. The van der Waals surface area contributed by atoms with Gasteiger partial charge in [0.1, 0.15) is 0 Å². The molecule has 3 aromatic carbocycles. The molecule has 37 heavy (non-hydrogen) atoms. The summed E-state index contributed by atoms with van der Waals surface area (Å²) in [4.78, 5) is 24.9. The molecule has 0 fully saturated rings. The Morgan fingerprint density at radius 3 is 2.32 bits per heavy atom. The van der Waals surface area contributed by atoms with Crippen LogP contribution in [-0.2, 0) is 17.8 Å². The predicted molar refractivity (Wildman–Crippen MR) is 155 cm³/mol. The SMILES string of the molecule is CCc1ccc2nc(N(CCCn3ccnc3)C(=O)CC(c3ccccc3)c3ccccc3)sc2c1.Cl. The highest BCUT2D eigenvalue weighted by molar-refractivity contribution is 7.22. The van der Waals surface area contributed by atoms with E-state index in [1.165, 1.54) is 5.56 Å². The Kier molecular flexibility index (Phi) is 9.09. The second kappa shape index (κ2) is 12.7. The van der Waals surface area contributed by atoms with Crippen molar-refractivity contribution in [3.8, 4) is 0 Å². The summed E-state index contributed by atoms with van der Waals surface area (Å²) >= 11 is 1.60. The van der Waals surface area contributed by atoms with Crippen LogP contribution >= 0.6 is 23.7 Å². The number of thiazole rings is 1. The molecule has 0 aliphatic rings. The number of benzene rings is 3. The number of aryl methyl sites for hydroxylation is 2. The molecule has 1 amide bonds. The van der Waals surface area contributed by atoms with E-state index in [0.717, 1.165) is 45.9 Å². The minimum absolute atomic E-state index is 0. The molecule has 0 spiro atoms. The standard InChI is InChI=1S/C30H30N4OS.ClH/c1-2-23-14-15-27-28(20-23)36-30(32-27)34(18-9-17-33-19-16-31-22-33)29(35)21-26(24-10-5-3-6-11-24)25-12-7-4-8-13-25;/h3-8,10-16,19-20,22,26H,2,9,17-18,21H2,1H3;1H. The van der Waals surface area contributed by atoms with Crippen molar-refractivity contribution in [3.05, 3.63) is 114 Å². The van der Waals surface area contributed by atoms with Crippen molar-refractivity contribution in [2.24, 2.45) is 0 Å². The van der Waals surface area contributed by atoms with E-state index in [1.807, 2.05) is 58.4 Å². The van der Waals surface area contributed by atoms with Gasteiger partial charge >= 0.3 is 0 Å². The van der Waals surface area contributed by atoms with Crippen LogP contribution in [0.5, 0.6) is 0 Å². The van der Waals surface area contributed by atoms with Gasteiger partial charge in [0, 0.05) is 37.8 Å². The summed E-state index contributed by atoms with van der Waals surface area (Å²) in [6.07, 6.45) is 7.74. The molecule has 0 radical (unpaired) electrons. The summed E-state index contributed by atoms with van der Waals surface area (Å²) in [5, 5.41) is 0.772. The van der Waals surface area contributed by atoms with E-state index in [2.05, 4.69) is 54.4 Å². The Morgan fingerprint density at radius 1 is 1.00 bits per heavy atom. The zero-order valence-electron chi connectivity index (χ0n) is 20.9. The Hall–Kier alpha value is -3.48. The first-order valence-electron chi connectivity index (χ1n) is 12.5. The number of hydrogen-bond donors (Lipinski definition) is 0. The largest absolute Gasteiger partial charge is 0.337 e. The van der Waals surface area contributed by atoms with Gasteiger partial charge in [0.05, 0.1) is 16.5 Å². The topological polar surface area (TPSA) is 51.0 Å². The number of imidazole rings is 1. The second-order valence-corrected chi connectivity index (χ2v) is 9.94. The average Bonchev–Trinajstić information content (AvgIpc) is 3.60. The minimum Gasteiger partial charge on any atom is -0.337 e. The predicted octanol–water partition coefficient (Wildman–Crippen LogP) is 7.12. The van der Waals surface area contributed by atoms with Crippen molar-refractivity contribution in [3.63, 3.8) is 0 Å². The number of hydrogen-bond acceptors (Lipinski definition) is 4. The van der Waals surface area contributed by atoms with Gasteiger partial charge in [-0.1, -0.05) is 85.0 Å². The van der Waals surface area contributed by atoms with Crippen LogP contribution in [0.4, 0.5) is 5.13 Å². The van der Waals surface area contributed by atoms with E-state index in [1.54, 1.807) is 17.5 Å². The lowest BCUT2D eigenvalue weighted by atomic mass is 9.88. The van der Waals surface area contributed by atoms with Crippen LogP contribution in [0.1, 0.15) is 42.4 Å². The number of carbonyl (C=O) groups excluding carboxylic acids is 1. The molecule has 190 valence electrons. The van der Waals surface area contributed by atoms with Crippen molar-refractivity contribution in [1.82, 2.24) is 14.5 Å². The molecule has 7 heteroatoms. The van der Waals surface area contributed by atoms with Gasteiger partial charge in [0.25, 0.3) is 0 Å². The molecule has 0 saturated carbocycles. The first-order valence-corrected chi connectivity index (χ1v) is 13.3. The van der Waals surface area contributed by atoms with E-state index in [0.29, 0.717) is 13.0 Å². The van der Waals surface area contributed by atoms with E-state index in [9.17, 15) is 4.79 Å². The van der Waals surface area contributed by atoms with Crippen LogP contribution in [0.2, 0.25) is 0 Å². The summed E-state index contributed by atoms with van der Waals surface area (Å²) in [7, 11) is 0. The third-order valence-corrected chi connectivity index (χ3v) is 7.56. The first kappa shape index (κ1) is 26.6. The smallest absolute Gasteiger partial charge is 0.229 e. The van der Waals surface area contributed by atoms with Crippen LogP contribution in [-0.4, -0.2) is 27.0 Å². The van der Waals surface area contributed by atoms with Crippen LogP contribution < -0.4 is 4.90 Å². The molecule has 0 atom stereocenters. The number of carbonyl (C=O) groups is 1. The van der Waals surface area contributed by atoms with Gasteiger partial charge in [-0.2, -0.15) is 0 Å². The Morgan fingerprint density at radius 2 is 1.70 bits per heavy atom. The summed E-state index contributed by atoms with van der Waals surface area (Å²) in [5.41, 5.74) is 4.52. The van der Waals surface area contributed by atoms with Gasteiger partial charge < -0.3 is 4.57 Å². The molecule has 0 bridgehead atoms. The first-order chi connectivity index (χ1) is 17.7. The zero-order chi connectivity index (χ0) is 24.7. The molecule has 5 aromatic rings. The summed E-state index contributed by atoms with van der Waals surface area (Å²) in [6.45, 7) is 3.56. The molecular weight excluding hydrogens is 500 g/mol. The monoisotopic (exact) mass is 530 g/mol. The maximum absolute atomic E-state index is 14.0. The minimum atomic E-state index is -0.0166. The molecule has 0 aliphatic carbocycles. The molecule has 5 nitrogen and oxygen atoms in total. The third kappa shape index (κ3) is 6.45. The molecule has 2 heterocycles. The van der Waals surface area contributed by atoms with Crippen molar-refractivity contribution < 1.29 is 4.79 Å². The van der Waals surface area contributed by atoms with Gasteiger partial charge in [-0.25, -0.2) is 9.97 Å². The molecule has 0 unspecified atom stereocenters. The summed E-state index contributed by atoms with van der Waals surface area (Å²) in [6, 6.07) is 27.0. The van der Waals surface area contributed by atoms with Crippen molar-refractivity contribution in [2.45, 2.75) is 38.6 Å².